The summed E-state index contributed by atoms with van der Waals surface area (Å²) >= 11 is 0. The zero-order valence-corrected chi connectivity index (χ0v) is 21.0. The molecule has 2 N–H and O–H groups in total. The van der Waals surface area contributed by atoms with Gasteiger partial charge in [0.15, 0.2) is 0 Å². The van der Waals surface area contributed by atoms with Crippen molar-refractivity contribution in [1.82, 2.24) is 19.9 Å². The van der Waals surface area contributed by atoms with Gasteiger partial charge >= 0.3 is 5.69 Å². The van der Waals surface area contributed by atoms with Crippen LogP contribution in [0.4, 0.5) is 5.69 Å². The van der Waals surface area contributed by atoms with E-state index in [0.29, 0.717) is 28.3 Å². The molecule has 3 aromatic rings. The molecule has 0 aliphatic heterocycles. The van der Waals surface area contributed by atoms with E-state index in [9.17, 15) is 23.3 Å². The zero-order chi connectivity index (χ0) is 26.5. The molecular weight excluding hydrogens is 488 g/mol. The van der Waals surface area contributed by atoms with Crippen molar-refractivity contribution in [3.05, 3.63) is 80.7 Å². The predicted octanol–water partition coefficient (Wildman–Crippen LogP) is 2.20. The number of carbonyl (C=O) groups excluding carboxylic acids is 1. The molecule has 0 saturated heterocycles. The van der Waals surface area contributed by atoms with Crippen LogP contribution in [0.25, 0.3) is 0 Å². The highest BCUT2D eigenvalue weighted by Gasteiger charge is 2.22. The summed E-state index contributed by atoms with van der Waals surface area (Å²) in [4.78, 5) is 22.9. The molecule has 2 aromatic carbocycles. The molecule has 0 saturated carbocycles. The summed E-state index contributed by atoms with van der Waals surface area (Å²) in [6.45, 7) is 4.77. The predicted molar refractivity (Wildman–Crippen MR) is 133 cm³/mol. The highest BCUT2D eigenvalue weighted by Crippen LogP contribution is 2.25. The number of rotatable bonds is 10. The van der Waals surface area contributed by atoms with Crippen LogP contribution in [0.5, 0.6) is 5.75 Å². The van der Waals surface area contributed by atoms with Crippen molar-refractivity contribution in [2.45, 2.75) is 32.2 Å². The van der Waals surface area contributed by atoms with Crippen molar-refractivity contribution in [1.29, 1.82) is 0 Å². The number of sulfonamides is 1. The Bertz CT molecular complexity index is 1410. The molecule has 1 aromatic heterocycles. The summed E-state index contributed by atoms with van der Waals surface area (Å²) in [6, 6.07) is 11.4. The van der Waals surface area contributed by atoms with Gasteiger partial charge in [-0.1, -0.05) is 17.7 Å². The van der Waals surface area contributed by atoms with Gasteiger partial charge in [-0.15, -0.1) is 0 Å². The van der Waals surface area contributed by atoms with Crippen molar-refractivity contribution in [3.63, 3.8) is 0 Å². The first-order chi connectivity index (χ1) is 17.0. The van der Waals surface area contributed by atoms with Crippen molar-refractivity contribution >= 4 is 27.8 Å². The van der Waals surface area contributed by atoms with Crippen LogP contribution in [0, 0.1) is 30.9 Å². The monoisotopic (exact) mass is 514 g/mol. The van der Waals surface area contributed by atoms with Gasteiger partial charge in [0.25, 0.3) is 5.91 Å². The molecule has 0 bridgehead atoms. The number of benzene rings is 2. The van der Waals surface area contributed by atoms with Crippen LogP contribution >= 0.6 is 0 Å². The first kappa shape index (κ1) is 26.5. The third-order valence-electron chi connectivity index (χ3n) is 5.31. The van der Waals surface area contributed by atoms with Gasteiger partial charge in [0.2, 0.25) is 10.0 Å². The number of nitrogens with one attached hydrogen (secondary N) is 2. The molecule has 13 heteroatoms. The lowest BCUT2D eigenvalue weighted by atomic mass is 10.1. The molecule has 1 amide bonds. The summed E-state index contributed by atoms with van der Waals surface area (Å²) in [5.74, 6) is -0.0949. The van der Waals surface area contributed by atoms with Gasteiger partial charge in [-0.2, -0.15) is 10.2 Å². The minimum atomic E-state index is -3.83. The summed E-state index contributed by atoms with van der Waals surface area (Å²) in [7, 11) is -2.32. The number of aryl methyl sites for hydroxylation is 2. The van der Waals surface area contributed by atoms with E-state index < -0.39 is 27.4 Å². The second-order valence-corrected chi connectivity index (χ2v) is 9.70. The molecule has 0 fully saturated rings. The Morgan fingerprint density at radius 3 is 2.50 bits per heavy atom. The minimum absolute atomic E-state index is 0.0348. The molecular formula is C23H26N6O6S. The van der Waals surface area contributed by atoms with Crippen LogP contribution < -0.4 is 14.9 Å². The SMILES string of the molecule is COc1ccc(/C=N/NC(=O)CNS(=O)(=O)c2ccc(C)cc2)cc1Cn1nc(C)c([N+](=O)[O-])c1C. The van der Waals surface area contributed by atoms with E-state index in [-0.39, 0.29) is 17.1 Å². The van der Waals surface area contributed by atoms with Crippen molar-refractivity contribution in [2.24, 2.45) is 5.10 Å². The lowest BCUT2D eigenvalue weighted by Gasteiger charge is -2.10. The highest BCUT2D eigenvalue weighted by molar-refractivity contribution is 7.89. The molecule has 3 rings (SSSR count). The second-order valence-electron chi connectivity index (χ2n) is 7.94. The standard InChI is InChI=1S/C23H26N6O6S/c1-15-5-8-20(9-6-15)36(33,34)25-13-22(30)26-24-12-18-7-10-21(35-4)19(11-18)14-28-17(3)23(29(31)32)16(2)27-28/h5-12,25H,13-14H2,1-4H3,(H,26,30)/b24-12+. The largest absolute Gasteiger partial charge is 0.496 e. The third kappa shape index (κ3) is 6.31. The van der Waals surface area contributed by atoms with Crippen LogP contribution in [0.1, 0.15) is 28.1 Å². The zero-order valence-electron chi connectivity index (χ0n) is 20.2. The number of hydrazone groups is 1. The van der Waals surface area contributed by atoms with E-state index in [1.54, 1.807) is 44.2 Å². The fraction of sp³-hybridized carbons (Fsp3) is 0.261. The van der Waals surface area contributed by atoms with Gasteiger partial charge in [0.05, 0.1) is 36.2 Å². The third-order valence-corrected chi connectivity index (χ3v) is 6.72. The van der Waals surface area contributed by atoms with Crippen LogP contribution in [0.15, 0.2) is 52.5 Å². The Morgan fingerprint density at radius 1 is 1.19 bits per heavy atom. The fourth-order valence-electron chi connectivity index (χ4n) is 3.45. The van der Waals surface area contributed by atoms with E-state index in [4.69, 9.17) is 4.74 Å². The molecule has 190 valence electrons. The Morgan fingerprint density at radius 2 is 1.89 bits per heavy atom. The quantitative estimate of drug-likeness (QED) is 0.238. The summed E-state index contributed by atoms with van der Waals surface area (Å²) in [6.07, 6.45) is 1.39. The van der Waals surface area contributed by atoms with E-state index in [2.05, 4.69) is 20.3 Å². The van der Waals surface area contributed by atoms with Gasteiger partial charge in [-0.25, -0.2) is 18.6 Å². The van der Waals surface area contributed by atoms with Crippen LogP contribution in [0.2, 0.25) is 0 Å². The molecule has 1 heterocycles. The average Bonchev–Trinajstić information content (AvgIpc) is 3.11. The number of aromatic nitrogens is 2. The van der Waals surface area contributed by atoms with E-state index in [1.165, 1.54) is 30.1 Å². The molecule has 0 atom stereocenters. The average molecular weight is 515 g/mol. The summed E-state index contributed by atoms with van der Waals surface area (Å²) < 4.78 is 33.7. The fourth-order valence-corrected chi connectivity index (χ4v) is 4.43. The molecule has 0 aliphatic rings. The smallest absolute Gasteiger partial charge is 0.312 e. The minimum Gasteiger partial charge on any atom is -0.496 e. The van der Waals surface area contributed by atoms with Crippen LogP contribution in [0.3, 0.4) is 0 Å². The van der Waals surface area contributed by atoms with Gasteiger partial charge < -0.3 is 4.74 Å². The van der Waals surface area contributed by atoms with Crippen molar-refractivity contribution < 1.29 is 22.9 Å². The summed E-state index contributed by atoms with van der Waals surface area (Å²) in [5, 5.41) is 19.4. The van der Waals surface area contributed by atoms with Gasteiger partial charge in [-0.05, 0) is 56.7 Å². The number of nitrogens with zero attached hydrogens (tertiary/aromatic N) is 4. The maximum Gasteiger partial charge on any atom is 0.312 e. The number of hydrogen-bond acceptors (Lipinski definition) is 8. The number of methoxy groups -OCH3 is 1. The molecule has 0 aliphatic carbocycles. The Labute approximate surface area is 208 Å². The van der Waals surface area contributed by atoms with Crippen LogP contribution in [-0.2, 0) is 21.4 Å². The number of ether oxygens (including phenoxy) is 1. The Hall–Kier alpha value is -4.10. The number of hydrogen-bond donors (Lipinski definition) is 2. The van der Waals surface area contributed by atoms with E-state index >= 15 is 0 Å². The lowest BCUT2D eigenvalue weighted by Crippen LogP contribution is -2.34. The molecule has 0 unspecified atom stereocenters. The molecule has 36 heavy (non-hydrogen) atoms. The van der Waals surface area contributed by atoms with Crippen LogP contribution in [-0.4, -0.2) is 48.9 Å². The van der Waals surface area contributed by atoms with Gasteiger partial charge in [0.1, 0.15) is 17.1 Å². The maximum atomic E-state index is 12.3. The number of nitro groups is 1. The molecule has 0 radical (unpaired) electrons. The Kier molecular flexibility index (Phi) is 8.17. The topological polar surface area (TPSA) is 158 Å². The number of carbonyl (C=O) groups is 1. The highest BCUT2D eigenvalue weighted by atomic mass is 32.2. The van der Waals surface area contributed by atoms with Crippen molar-refractivity contribution in [2.75, 3.05) is 13.7 Å². The first-order valence-corrected chi connectivity index (χ1v) is 12.2. The van der Waals surface area contributed by atoms with Gasteiger partial charge in [-0.3, -0.25) is 19.6 Å². The summed E-state index contributed by atoms with van der Waals surface area (Å²) in [5.41, 5.74) is 5.19. The van der Waals surface area contributed by atoms with E-state index in [1.807, 2.05) is 6.92 Å². The Balaban J connectivity index is 1.65. The molecule has 12 nitrogen and oxygen atoms in total. The van der Waals surface area contributed by atoms with Crippen molar-refractivity contribution in [3.8, 4) is 5.75 Å². The van der Waals surface area contributed by atoms with E-state index in [0.717, 1.165) is 5.56 Å². The second kappa shape index (κ2) is 11.1. The molecule has 0 spiro atoms. The van der Waals surface area contributed by atoms with Gasteiger partial charge in [0, 0.05) is 5.56 Å². The maximum absolute atomic E-state index is 12.3. The normalized spacial score (nSPS) is 11.6. The number of amides is 1. The first-order valence-electron chi connectivity index (χ1n) is 10.8. The lowest BCUT2D eigenvalue weighted by molar-refractivity contribution is -0.386.